The highest BCUT2D eigenvalue weighted by Crippen LogP contribution is 2.34. The zero-order valence-corrected chi connectivity index (χ0v) is 22.6. The van der Waals surface area contributed by atoms with E-state index in [-0.39, 0.29) is 30.2 Å². The molecule has 0 saturated carbocycles. The molecule has 2 unspecified atom stereocenters. The Labute approximate surface area is 226 Å². The topological polar surface area (TPSA) is 109 Å². The fraction of sp³-hybridized carbons (Fsp3) is 0.379. The van der Waals surface area contributed by atoms with E-state index in [1.807, 2.05) is 23.1 Å². The molecule has 1 aliphatic heterocycles. The van der Waals surface area contributed by atoms with Crippen molar-refractivity contribution >= 4 is 34.1 Å². The third kappa shape index (κ3) is 5.41. The molecule has 0 radical (unpaired) electrons. The van der Waals surface area contributed by atoms with Gasteiger partial charge < -0.3 is 15.5 Å². The first-order chi connectivity index (χ1) is 18.3. The number of carbonyl (C=O) groups excluding carboxylic acids is 3. The summed E-state index contributed by atoms with van der Waals surface area (Å²) in [6.07, 6.45) is 4.67. The molecule has 3 N–H and O–H groups in total. The Kier molecular flexibility index (Phi) is 7.69. The Balaban J connectivity index is 1.29. The first-order valence-corrected chi connectivity index (χ1v) is 13.9. The summed E-state index contributed by atoms with van der Waals surface area (Å²) >= 11 is 1.56. The van der Waals surface area contributed by atoms with Crippen LogP contribution in [0.2, 0.25) is 0 Å². The third-order valence-corrected chi connectivity index (χ3v) is 8.59. The van der Waals surface area contributed by atoms with Crippen LogP contribution in [-0.4, -0.2) is 65.6 Å². The van der Waals surface area contributed by atoms with Gasteiger partial charge >= 0.3 is 0 Å². The number of hydrogen-bond donors (Lipinski definition) is 2. The first kappa shape index (κ1) is 26.2. The van der Waals surface area contributed by atoms with Gasteiger partial charge in [0.1, 0.15) is 0 Å². The number of fused-ring (bicyclic) bond motifs is 1. The molecule has 2 heterocycles. The number of hydrogen-bond acceptors (Lipinski definition) is 7. The largest absolute Gasteiger partial charge is 0.332 e. The van der Waals surface area contributed by atoms with Gasteiger partial charge in [-0.25, -0.2) is 4.98 Å². The molecule has 1 aromatic heterocycles. The molecule has 0 bridgehead atoms. The average Bonchev–Trinajstić information content (AvgIpc) is 3.59. The van der Waals surface area contributed by atoms with E-state index in [1.54, 1.807) is 41.7 Å². The van der Waals surface area contributed by atoms with Crippen molar-refractivity contribution < 1.29 is 14.4 Å². The predicted molar refractivity (Wildman–Crippen MR) is 149 cm³/mol. The lowest BCUT2D eigenvalue weighted by Crippen LogP contribution is -2.32. The van der Waals surface area contributed by atoms with E-state index >= 15 is 0 Å². The van der Waals surface area contributed by atoms with Crippen LogP contribution in [0.4, 0.5) is 5.13 Å². The van der Waals surface area contributed by atoms with E-state index in [0.717, 1.165) is 43.4 Å². The SMILES string of the molecule is CN(C)C1CCc2nc(NC(=O)c3cccc(C4CCCN4C(=O)c4ccc(C(=O)CN)cc4)c3)sc2C1. The number of carbonyl (C=O) groups is 3. The highest BCUT2D eigenvalue weighted by atomic mass is 32.1. The maximum Gasteiger partial charge on any atom is 0.257 e. The summed E-state index contributed by atoms with van der Waals surface area (Å²) in [6.45, 7) is 0.579. The molecule has 5 rings (SSSR count). The van der Waals surface area contributed by atoms with Crippen LogP contribution in [-0.2, 0) is 12.8 Å². The van der Waals surface area contributed by atoms with Crippen LogP contribution in [0.1, 0.15) is 72.5 Å². The van der Waals surface area contributed by atoms with E-state index in [4.69, 9.17) is 5.73 Å². The molecule has 1 aliphatic carbocycles. The van der Waals surface area contributed by atoms with Gasteiger partial charge in [-0.2, -0.15) is 0 Å². The van der Waals surface area contributed by atoms with Gasteiger partial charge in [-0.15, -0.1) is 11.3 Å². The molecule has 1 saturated heterocycles. The summed E-state index contributed by atoms with van der Waals surface area (Å²) in [5, 5.41) is 3.63. The van der Waals surface area contributed by atoms with Crippen molar-refractivity contribution in [3.05, 3.63) is 81.4 Å². The van der Waals surface area contributed by atoms with Gasteiger partial charge in [-0.05, 0) is 76.0 Å². The molecule has 2 atom stereocenters. The standard InChI is InChI=1S/C29H33N5O3S/c1-33(2)22-12-13-23-26(16-22)38-29(31-23)32-27(36)21-6-3-5-20(15-21)24-7-4-14-34(24)28(37)19-10-8-18(9-11-19)25(35)17-30/h3,5-6,8-11,15,22,24H,4,7,12-14,16-17,30H2,1-2H3,(H,31,32,36). The Bertz CT molecular complexity index is 1350. The van der Waals surface area contributed by atoms with Crippen molar-refractivity contribution in [3.63, 3.8) is 0 Å². The van der Waals surface area contributed by atoms with Crippen LogP contribution >= 0.6 is 11.3 Å². The van der Waals surface area contributed by atoms with Gasteiger partial charge in [0.2, 0.25) is 0 Å². The van der Waals surface area contributed by atoms with Crippen LogP contribution in [0.15, 0.2) is 48.5 Å². The summed E-state index contributed by atoms with van der Waals surface area (Å²) in [5.41, 5.74) is 9.05. The van der Waals surface area contributed by atoms with E-state index < -0.39 is 0 Å². The summed E-state index contributed by atoms with van der Waals surface area (Å²) < 4.78 is 0. The Morgan fingerprint density at radius 3 is 2.58 bits per heavy atom. The average molecular weight is 532 g/mol. The lowest BCUT2D eigenvalue weighted by Gasteiger charge is -2.27. The summed E-state index contributed by atoms with van der Waals surface area (Å²) in [4.78, 5) is 48.3. The van der Waals surface area contributed by atoms with E-state index in [2.05, 4.69) is 29.3 Å². The lowest BCUT2D eigenvalue weighted by molar-refractivity contribution is 0.0735. The molecule has 198 valence electrons. The normalized spacial score (nSPS) is 18.9. The number of Topliss-reactive ketones (excluding diaryl/α,β-unsaturated/α-hetero) is 1. The van der Waals surface area contributed by atoms with Crippen molar-refractivity contribution in [2.45, 2.75) is 44.2 Å². The van der Waals surface area contributed by atoms with Crippen molar-refractivity contribution in [1.82, 2.24) is 14.8 Å². The minimum atomic E-state index is -0.196. The lowest BCUT2D eigenvalue weighted by atomic mass is 9.97. The number of ketones is 1. The molecule has 0 spiro atoms. The highest BCUT2D eigenvalue weighted by molar-refractivity contribution is 7.15. The Hall–Kier alpha value is -3.40. The number of likely N-dealkylation sites (tertiary alicyclic amines) is 1. The van der Waals surface area contributed by atoms with Crippen LogP contribution < -0.4 is 11.1 Å². The van der Waals surface area contributed by atoms with Crippen LogP contribution in [0, 0.1) is 0 Å². The summed E-state index contributed by atoms with van der Waals surface area (Å²) in [6, 6.07) is 14.6. The Morgan fingerprint density at radius 2 is 1.84 bits per heavy atom. The molecule has 2 aromatic carbocycles. The van der Waals surface area contributed by atoms with Crippen molar-refractivity contribution in [2.24, 2.45) is 5.73 Å². The van der Waals surface area contributed by atoms with Gasteiger partial charge in [0.25, 0.3) is 11.8 Å². The second-order valence-electron chi connectivity index (χ2n) is 10.2. The number of aromatic nitrogens is 1. The second-order valence-corrected chi connectivity index (χ2v) is 11.3. The van der Waals surface area contributed by atoms with Gasteiger partial charge in [-0.1, -0.05) is 24.3 Å². The molecule has 2 amide bonds. The molecular weight excluding hydrogens is 498 g/mol. The van der Waals surface area contributed by atoms with Crippen molar-refractivity contribution in [2.75, 3.05) is 32.5 Å². The number of nitrogens with two attached hydrogens (primary N) is 1. The summed E-state index contributed by atoms with van der Waals surface area (Å²) in [5.74, 6) is -0.439. The second kappa shape index (κ2) is 11.1. The number of likely N-dealkylation sites (N-methyl/N-ethyl adjacent to an activating group) is 1. The quantitative estimate of drug-likeness (QED) is 0.447. The zero-order valence-electron chi connectivity index (χ0n) is 21.8. The molecule has 8 nitrogen and oxygen atoms in total. The number of aryl methyl sites for hydroxylation is 1. The Morgan fingerprint density at radius 1 is 1.08 bits per heavy atom. The maximum atomic E-state index is 13.3. The van der Waals surface area contributed by atoms with Crippen molar-refractivity contribution in [3.8, 4) is 0 Å². The van der Waals surface area contributed by atoms with Gasteiger partial charge in [-0.3, -0.25) is 19.7 Å². The molecular formula is C29H33N5O3S. The minimum absolute atomic E-state index is 0.0623. The molecule has 2 aliphatic rings. The third-order valence-electron chi connectivity index (χ3n) is 7.55. The summed E-state index contributed by atoms with van der Waals surface area (Å²) in [7, 11) is 4.21. The fourth-order valence-electron chi connectivity index (χ4n) is 5.35. The maximum absolute atomic E-state index is 13.3. The first-order valence-electron chi connectivity index (χ1n) is 13.0. The number of anilines is 1. The molecule has 1 fully saturated rings. The molecule has 38 heavy (non-hydrogen) atoms. The number of benzene rings is 2. The number of amides is 2. The predicted octanol–water partition coefficient (Wildman–Crippen LogP) is 3.93. The zero-order chi connectivity index (χ0) is 26.8. The van der Waals surface area contributed by atoms with Gasteiger partial charge in [0.15, 0.2) is 10.9 Å². The monoisotopic (exact) mass is 531 g/mol. The molecule has 3 aromatic rings. The minimum Gasteiger partial charge on any atom is -0.332 e. The number of thiazole rings is 1. The number of nitrogens with one attached hydrogen (secondary N) is 1. The van der Waals surface area contributed by atoms with Gasteiger partial charge in [0.05, 0.1) is 18.3 Å². The van der Waals surface area contributed by atoms with E-state index in [1.165, 1.54) is 4.88 Å². The highest BCUT2D eigenvalue weighted by Gasteiger charge is 2.31. The van der Waals surface area contributed by atoms with Crippen LogP contribution in [0.3, 0.4) is 0 Å². The van der Waals surface area contributed by atoms with Crippen LogP contribution in [0.25, 0.3) is 0 Å². The molecule has 9 heteroatoms. The smallest absolute Gasteiger partial charge is 0.257 e. The number of rotatable bonds is 7. The van der Waals surface area contributed by atoms with Crippen LogP contribution in [0.5, 0.6) is 0 Å². The number of nitrogens with zero attached hydrogens (tertiary/aromatic N) is 3. The van der Waals surface area contributed by atoms with Gasteiger partial charge in [0, 0.05) is 34.2 Å². The van der Waals surface area contributed by atoms with E-state index in [0.29, 0.717) is 34.4 Å². The fourth-order valence-corrected chi connectivity index (χ4v) is 6.42. The van der Waals surface area contributed by atoms with Crippen molar-refractivity contribution in [1.29, 1.82) is 0 Å². The van der Waals surface area contributed by atoms with E-state index in [9.17, 15) is 14.4 Å².